The third kappa shape index (κ3) is 4.49. The predicted octanol–water partition coefficient (Wildman–Crippen LogP) is 5.07. The molecule has 0 aliphatic carbocycles. The van der Waals surface area contributed by atoms with Crippen molar-refractivity contribution in [2.24, 2.45) is 0 Å². The number of hydrogen-bond donors (Lipinski definition) is 0. The summed E-state index contributed by atoms with van der Waals surface area (Å²) in [5.41, 5.74) is 3.25. The molecule has 2 aromatic heterocycles. The summed E-state index contributed by atoms with van der Waals surface area (Å²) in [6.45, 7) is 2.74. The number of ether oxygens (including phenoxy) is 2. The van der Waals surface area contributed by atoms with E-state index in [-0.39, 0.29) is 0 Å². The molecule has 0 amide bonds. The van der Waals surface area contributed by atoms with Gasteiger partial charge in [-0.3, -0.25) is 0 Å². The molecule has 4 aromatic rings. The van der Waals surface area contributed by atoms with E-state index in [1.54, 1.807) is 37.3 Å². The Hall–Kier alpha value is -2.84. The lowest BCUT2D eigenvalue weighted by Crippen LogP contribution is -2.03. The number of nitrogens with zero attached hydrogens (tertiary/aromatic N) is 4. The van der Waals surface area contributed by atoms with Crippen LogP contribution in [0.3, 0.4) is 0 Å². The molecule has 0 radical (unpaired) electrons. The molecular weight excluding hydrogens is 416 g/mol. The van der Waals surface area contributed by atoms with Crippen LogP contribution in [0.15, 0.2) is 59.1 Å². The van der Waals surface area contributed by atoms with Gasteiger partial charge in [0.25, 0.3) is 0 Å². The van der Waals surface area contributed by atoms with Gasteiger partial charge < -0.3 is 14.0 Å². The smallest absolute Gasteiger partial charge is 0.191 e. The molecular formula is C22H22N4O2S2. The minimum atomic E-state index is 0.700. The average molecular weight is 439 g/mol. The highest BCUT2D eigenvalue weighted by molar-refractivity contribution is 7.98. The lowest BCUT2D eigenvalue weighted by molar-refractivity contribution is 0.355. The topological polar surface area (TPSA) is 62.1 Å². The van der Waals surface area contributed by atoms with E-state index < -0.39 is 0 Å². The number of methoxy groups -OCH3 is 2. The van der Waals surface area contributed by atoms with E-state index in [1.807, 2.05) is 43.3 Å². The van der Waals surface area contributed by atoms with Crippen molar-refractivity contribution in [3.8, 4) is 22.1 Å². The molecule has 30 heavy (non-hydrogen) atoms. The monoisotopic (exact) mass is 438 g/mol. The fourth-order valence-corrected chi connectivity index (χ4v) is 4.83. The number of aryl methyl sites for hydroxylation is 1. The lowest BCUT2D eigenvalue weighted by Gasteiger charge is -2.08. The van der Waals surface area contributed by atoms with E-state index in [0.29, 0.717) is 11.5 Å². The maximum Gasteiger partial charge on any atom is 0.191 e. The molecule has 0 unspecified atom stereocenters. The van der Waals surface area contributed by atoms with Gasteiger partial charge in [-0.2, -0.15) is 0 Å². The summed E-state index contributed by atoms with van der Waals surface area (Å²) < 4.78 is 12.9. The van der Waals surface area contributed by atoms with Gasteiger partial charge in [-0.15, -0.1) is 21.5 Å². The second-order valence-corrected chi connectivity index (χ2v) is 8.40. The van der Waals surface area contributed by atoms with E-state index >= 15 is 0 Å². The van der Waals surface area contributed by atoms with Gasteiger partial charge in [-0.25, -0.2) is 4.98 Å². The molecule has 0 saturated carbocycles. The Morgan fingerprint density at radius 1 is 1.00 bits per heavy atom. The van der Waals surface area contributed by atoms with Crippen LogP contribution in [0.4, 0.5) is 0 Å². The Balaban J connectivity index is 1.47. The Morgan fingerprint density at radius 2 is 1.80 bits per heavy atom. The molecule has 2 aromatic carbocycles. The van der Waals surface area contributed by atoms with Crippen LogP contribution in [-0.2, 0) is 12.3 Å². The highest BCUT2D eigenvalue weighted by Gasteiger charge is 2.13. The number of rotatable bonds is 8. The lowest BCUT2D eigenvalue weighted by atomic mass is 10.2. The maximum absolute atomic E-state index is 5.40. The molecule has 0 aliphatic heterocycles. The Labute approximate surface area is 183 Å². The summed E-state index contributed by atoms with van der Waals surface area (Å²) in [4.78, 5) is 4.79. The van der Waals surface area contributed by atoms with Crippen LogP contribution in [0, 0.1) is 6.92 Å². The molecule has 4 rings (SSSR count). The number of aromatic nitrogens is 4. The minimum Gasteiger partial charge on any atom is -0.493 e. The van der Waals surface area contributed by atoms with Crippen LogP contribution in [0.5, 0.6) is 11.5 Å². The summed E-state index contributed by atoms with van der Waals surface area (Å²) in [7, 11) is 3.27. The molecule has 0 bridgehead atoms. The van der Waals surface area contributed by atoms with Crippen molar-refractivity contribution in [2.75, 3.05) is 14.2 Å². The molecule has 6 nitrogen and oxygen atoms in total. The Bertz CT molecular complexity index is 1130. The minimum absolute atomic E-state index is 0.700. The van der Waals surface area contributed by atoms with Gasteiger partial charge >= 0.3 is 0 Å². The quantitative estimate of drug-likeness (QED) is 0.358. The summed E-state index contributed by atoms with van der Waals surface area (Å²) in [5, 5.41) is 12.6. The first kappa shape index (κ1) is 20.4. The first-order valence-corrected chi connectivity index (χ1v) is 11.3. The normalized spacial score (nSPS) is 10.9. The maximum atomic E-state index is 5.40. The van der Waals surface area contributed by atoms with Gasteiger partial charge in [0.15, 0.2) is 16.7 Å². The van der Waals surface area contributed by atoms with Crippen LogP contribution in [0.1, 0.15) is 17.1 Å². The third-order valence-electron chi connectivity index (χ3n) is 4.62. The SMILES string of the molecule is COc1ccc(-c2nc(CSc3nnc(C)n3Cc3ccccc3)cs2)cc1OC. The zero-order chi connectivity index (χ0) is 20.9. The van der Waals surface area contributed by atoms with Crippen LogP contribution in [-0.4, -0.2) is 34.0 Å². The first-order valence-electron chi connectivity index (χ1n) is 9.41. The predicted molar refractivity (Wildman–Crippen MR) is 121 cm³/mol. The van der Waals surface area contributed by atoms with E-state index in [1.165, 1.54) is 5.56 Å². The Kier molecular flexibility index (Phi) is 6.35. The molecule has 0 aliphatic rings. The highest BCUT2D eigenvalue weighted by Crippen LogP contribution is 2.34. The zero-order valence-corrected chi connectivity index (χ0v) is 18.7. The largest absolute Gasteiger partial charge is 0.493 e. The number of thiazole rings is 1. The van der Waals surface area contributed by atoms with Crippen molar-refractivity contribution in [2.45, 2.75) is 24.4 Å². The third-order valence-corrected chi connectivity index (χ3v) is 6.56. The van der Waals surface area contributed by atoms with Crippen molar-refractivity contribution >= 4 is 23.1 Å². The number of thioether (sulfide) groups is 1. The fraction of sp³-hybridized carbons (Fsp3) is 0.227. The van der Waals surface area contributed by atoms with E-state index in [0.717, 1.165) is 39.5 Å². The van der Waals surface area contributed by atoms with Crippen LogP contribution >= 0.6 is 23.1 Å². The molecule has 0 atom stereocenters. The van der Waals surface area contributed by atoms with Crippen molar-refractivity contribution in [1.82, 2.24) is 19.7 Å². The van der Waals surface area contributed by atoms with Gasteiger partial charge in [-0.05, 0) is 30.7 Å². The molecule has 8 heteroatoms. The molecule has 154 valence electrons. The first-order chi connectivity index (χ1) is 14.7. The van der Waals surface area contributed by atoms with Gasteiger partial charge in [0.2, 0.25) is 0 Å². The molecule has 0 saturated heterocycles. The van der Waals surface area contributed by atoms with Crippen molar-refractivity contribution in [3.63, 3.8) is 0 Å². The fourth-order valence-electron chi connectivity index (χ4n) is 3.03. The molecule has 2 heterocycles. The second-order valence-electron chi connectivity index (χ2n) is 6.60. The van der Waals surface area contributed by atoms with Gasteiger partial charge in [0, 0.05) is 16.7 Å². The van der Waals surface area contributed by atoms with Crippen LogP contribution in [0.25, 0.3) is 10.6 Å². The zero-order valence-electron chi connectivity index (χ0n) is 17.0. The van der Waals surface area contributed by atoms with E-state index in [9.17, 15) is 0 Å². The Morgan fingerprint density at radius 3 is 2.57 bits per heavy atom. The standard InChI is InChI=1S/C22H22N4O2S2/c1-15-24-25-22(26(15)12-16-7-5-4-6-8-16)30-14-18-13-29-21(23-18)17-9-10-19(27-2)20(11-17)28-3/h4-11,13H,12,14H2,1-3H3. The van der Waals surface area contributed by atoms with Gasteiger partial charge in [-0.1, -0.05) is 42.1 Å². The average Bonchev–Trinajstić information content (AvgIpc) is 3.40. The van der Waals surface area contributed by atoms with E-state index in [2.05, 4.69) is 32.3 Å². The van der Waals surface area contributed by atoms with Crippen molar-refractivity contribution in [3.05, 3.63) is 71.0 Å². The summed E-state index contributed by atoms with van der Waals surface area (Å²) >= 11 is 3.27. The van der Waals surface area contributed by atoms with Crippen LogP contribution in [0.2, 0.25) is 0 Å². The summed E-state index contributed by atoms with van der Waals surface area (Å²) in [6, 6.07) is 16.2. The summed E-state index contributed by atoms with van der Waals surface area (Å²) in [6.07, 6.45) is 0. The molecule has 0 N–H and O–H groups in total. The van der Waals surface area contributed by atoms with Gasteiger partial charge in [0.1, 0.15) is 10.8 Å². The molecule has 0 spiro atoms. The van der Waals surface area contributed by atoms with Crippen molar-refractivity contribution in [1.29, 1.82) is 0 Å². The van der Waals surface area contributed by atoms with Crippen LogP contribution < -0.4 is 9.47 Å². The molecule has 0 fully saturated rings. The summed E-state index contributed by atoms with van der Waals surface area (Å²) in [5.74, 6) is 3.05. The second kappa shape index (κ2) is 9.32. The van der Waals surface area contributed by atoms with E-state index in [4.69, 9.17) is 14.5 Å². The van der Waals surface area contributed by atoms with Crippen molar-refractivity contribution < 1.29 is 9.47 Å². The number of hydrogen-bond acceptors (Lipinski definition) is 7. The van der Waals surface area contributed by atoms with Gasteiger partial charge in [0.05, 0.1) is 26.5 Å². The highest BCUT2D eigenvalue weighted by atomic mass is 32.2. The number of benzene rings is 2.